The zero-order valence-electron chi connectivity index (χ0n) is 5.70. The van der Waals surface area contributed by atoms with Crippen molar-refractivity contribution in [3.05, 3.63) is 0 Å². The Kier molecular flexibility index (Phi) is 4.54. The van der Waals surface area contributed by atoms with Gasteiger partial charge in [-0.15, -0.1) is 0 Å². The summed E-state index contributed by atoms with van der Waals surface area (Å²) in [5, 5.41) is 0. The molecule has 0 fully saturated rings. The van der Waals surface area contributed by atoms with Crippen LogP contribution < -0.4 is 5.48 Å². The first-order valence-corrected chi connectivity index (χ1v) is 4.38. The van der Waals surface area contributed by atoms with Gasteiger partial charge in [0, 0.05) is 6.54 Å². The lowest BCUT2D eigenvalue weighted by Crippen LogP contribution is -2.16. The molecular weight excluding hydrogens is 158 g/mol. The van der Waals surface area contributed by atoms with E-state index in [4.69, 9.17) is 4.55 Å². The van der Waals surface area contributed by atoms with Crippen molar-refractivity contribution in [3.8, 4) is 0 Å². The zero-order chi connectivity index (χ0) is 8.04. The topological polar surface area (TPSA) is 75.6 Å². The highest BCUT2D eigenvalue weighted by molar-refractivity contribution is 7.85. The van der Waals surface area contributed by atoms with Crippen LogP contribution >= 0.6 is 0 Å². The molecule has 0 aromatic rings. The molecule has 6 heteroatoms. The summed E-state index contributed by atoms with van der Waals surface area (Å²) in [7, 11) is -2.36. The Labute approximate surface area is 60.1 Å². The lowest BCUT2D eigenvalue weighted by molar-refractivity contribution is 0.0921. The van der Waals surface area contributed by atoms with Crippen LogP contribution in [0.4, 0.5) is 0 Å². The van der Waals surface area contributed by atoms with E-state index >= 15 is 0 Å². The quantitative estimate of drug-likeness (QED) is 0.327. The molecule has 0 aliphatic heterocycles. The molecule has 5 nitrogen and oxygen atoms in total. The van der Waals surface area contributed by atoms with Gasteiger partial charge in [-0.25, -0.2) is 5.48 Å². The summed E-state index contributed by atoms with van der Waals surface area (Å²) in [5.74, 6) is -0.233. The third-order valence-corrected chi connectivity index (χ3v) is 1.63. The molecule has 0 unspecified atom stereocenters. The molecule has 0 heterocycles. The molecule has 0 atom stereocenters. The zero-order valence-corrected chi connectivity index (χ0v) is 6.52. The van der Waals surface area contributed by atoms with Gasteiger partial charge >= 0.3 is 0 Å². The summed E-state index contributed by atoms with van der Waals surface area (Å²) < 4.78 is 28.4. The first-order chi connectivity index (χ1) is 4.56. The van der Waals surface area contributed by atoms with Gasteiger partial charge in [-0.05, 0) is 6.42 Å². The minimum Gasteiger partial charge on any atom is -0.305 e. The number of rotatable bonds is 5. The molecule has 0 aliphatic rings. The molecule has 0 saturated heterocycles. The maximum absolute atomic E-state index is 10.1. The highest BCUT2D eigenvalue weighted by Crippen LogP contribution is 1.85. The van der Waals surface area contributed by atoms with Crippen LogP contribution in [-0.2, 0) is 15.0 Å². The van der Waals surface area contributed by atoms with E-state index in [0.717, 1.165) is 0 Å². The third-order valence-electron chi connectivity index (χ3n) is 0.825. The van der Waals surface area contributed by atoms with Gasteiger partial charge in [0.25, 0.3) is 10.1 Å². The normalized spacial score (nSPS) is 11.8. The van der Waals surface area contributed by atoms with Crippen molar-refractivity contribution in [3.63, 3.8) is 0 Å². The Balaban J connectivity index is 3.21. The van der Waals surface area contributed by atoms with Crippen LogP contribution in [0.3, 0.4) is 0 Å². The van der Waals surface area contributed by atoms with Crippen molar-refractivity contribution in [2.24, 2.45) is 0 Å². The van der Waals surface area contributed by atoms with E-state index < -0.39 is 10.1 Å². The summed E-state index contributed by atoms with van der Waals surface area (Å²) in [6, 6.07) is 0. The van der Waals surface area contributed by atoms with E-state index in [1.165, 1.54) is 7.11 Å². The van der Waals surface area contributed by atoms with E-state index in [1.54, 1.807) is 0 Å². The lowest BCUT2D eigenvalue weighted by Gasteiger charge is -1.98. The third kappa shape index (κ3) is 7.83. The standard InChI is InChI=1S/C4H11NO4S/c1-9-5-3-2-4-10(6,7)8/h5H,2-4H2,1H3,(H,6,7,8). The lowest BCUT2D eigenvalue weighted by atomic mass is 10.5. The second-order valence-electron chi connectivity index (χ2n) is 1.74. The number of hydrogen-bond acceptors (Lipinski definition) is 4. The van der Waals surface area contributed by atoms with Gasteiger partial charge in [-0.3, -0.25) is 4.55 Å². The van der Waals surface area contributed by atoms with Crippen LogP contribution in [0.1, 0.15) is 6.42 Å². The van der Waals surface area contributed by atoms with Gasteiger partial charge in [0.2, 0.25) is 0 Å². The Morgan fingerprint density at radius 2 is 2.20 bits per heavy atom. The van der Waals surface area contributed by atoms with Crippen molar-refractivity contribution in [2.75, 3.05) is 19.4 Å². The SMILES string of the molecule is CONCCCS(=O)(=O)O. The van der Waals surface area contributed by atoms with Crippen molar-refractivity contribution in [1.82, 2.24) is 5.48 Å². The minimum atomic E-state index is -3.80. The maximum Gasteiger partial charge on any atom is 0.264 e. The van der Waals surface area contributed by atoms with Gasteiger partial charge in [-0.2, -0.15) is 8.42 Å². The Morgan fingerprint density at radius 3 is 2.60 bits per heavy atom. The van der Waals surface area contributed by atoms with Crippen LogP contribution in [-0.4, -0.2) is 32.4 Å². The van der Waals surface area contributed by atoms with Crippen molar-refractivity contribution in [2.45, 2.75) is 6.42 Å². The highest BCUT2D eigenvalue weighted by atomic mass is 32.2. The van der Waals surface area contributed by atoms with Crippen LogP contribution in [0.25, 0.3) is 0 Å². The molecule has 0 saturated carbocycles. The van der Waals surface area contributed by atoms with E-state index in [2.05, 4.69) is 10.3 Å². The van der Waals surface area contributed by atoms with E-state index in [9.17, 15) is 8.42 Å². The summed E-state index contributed by atoms with van der Waals surface area (Å²) in [5.41, 5.74) is 2.45. The number of nitrogens with one attached hydrogen (secondary N) is 1. The van der Waals surface area contributed by atoms with E-state index in [-0.39, 0.29) is 5.75 Å². The molecule has 0 radical (unpaired) electrons. The van der Waals surface area contributed by atoms with Gasteiger partial charge < -0.3 is 4.84 Å². The molecule has 0 aliphatic carbocycles. The Bertz CT molecular complexity index is 164. The molecule has 0 spiro atoms. The van der Waals surface area contributed by atoms with Crippen LogP contribution in [0.5, 0.6) is 0 Å². The predicted octanol–water partition coefficient (Wildman–Crippen LogP) is -0.585. The van der Waals surface area contributed by atoms with Crippen LogP contribution in [0.2, 0.25) is 0 Å². The second kappa shape index (κ2) is 4.62. The monoisotopic (exact) mass is 169 g/mol. The summed E-state index contributed by atoms with van der Waals surface area (Å²) in [6.07, 6.45) is 0.340. The molecule has 10 heavy (non-hydrogen) atoms. The average molecular weight is 169 g/mol. The first kappa shape index (κ1) is 9.83. The largest absolute Gasteiger partial charge is 0.305 e. The van der Waals surface area contributed by atoms with E-state index in [0.29, 0.717) is 13.0 Å². The molecule has 0 bridgehead atoms. The van der Waals surface area contributed by atoms with Crippen LogP contribution in [0, 0.1) is 0 Å². The van der Waals surface area contributed by atoms with Crippen LogP contribution in [0.15, 0.2) is 0 Å². The molecule has 0 amide bonds. The minimum absolute atomic E-state index is 0.233. The van der Waals surface area contributed by atoms with Crippen molar-refractivity contribution in [1.29, 1.82) is 0 Å². The molecule has 2 N–H and O–H groups in total. The fourth-order valence-electron chi connectivity index (χ4n) is 0.429. The molecule has 0 rings (SSSR count). The predicted molar refractivity (Wildman–Crippen MR) is 36.0 cm³/mol. The first-order valence-electron chi connectivity index (χ1n) is 2.77. The summed E-state index contributed by atoms with van der Waals surface area (Å²) >= 11 is 0. The van der Waals surface area contributed by atoms with Crippen molar-refractivity contribution < 1.29 is 17.8 Å². The molecule has 62 valence electrons. The number of hydroxylamine groups is 1. The fraction of sp³-hybridized carbons (Fsp3) is 1.00. The van der Waals surface area contributed by atoms with E-state index in [1.807, 2.05) is 0 Å². The summed E-state index contributed by atoms with van der Waals surface area (Å²) in [4.78, 5) is 4.43. The van der Waals surface area contributed by atoms with Gasteiger partial charge in [0.1, 0.15) is 0 Å². The Hall–Kier alpha value is -0.170. The average Bonchev–Trinajstić information content (AvgIpc) is 1.78. The summed E-state index contributed by atoms with van der Waals surface area (Å²) in [6.45, 7) is 0.413. The molecule has 0 aromatic heterocycles. The fourth-order valence-corrected chi connectivity index (χ4v) is 0.938. The number of hydrogen-bond donors (Lipinski definition) is 2. The smallest absolute Gasteiger partial charge is 0.264 e. The van der Waals surface area contributed by atoms with Gasteiger partial charge in [0.05, 0.1) is 12.9 Å². The van der Waals surface area contributed by atoms with Gasteiger partial charge in [0.15, 0.2) is 0 Å². The van der Waals surface area contributed by atoms with Gasteiger partial charge in [-0.1, -0.05) is 0 Å². The Morgan fingerprint density at radius 1 is 1.60 bits per heavy atom. The maximum atomic E-state index is 10.1. The second-order valence-corrected chi connectivity index (χ2v) is 3.31. The highest BCUT2D eigenvalue weighted by Gasteiger charge is 2.01. The van der Waals surface area contributed by atoms with Crippen molar-refractivity contribution >= 4 is 10.1 Å². The molecular formula is C4H11NO4S. The molecule has 0 aromatic carbocycles.